The van der Waals surface area contributed by atoms with Gasteiger partial charge in [0.15, 0.2) is 0 Å². The Balaban J connectivity index is 1.72. The number of nitrogens with zero attached hydrogens (tertiary/aromatic N) is 1. The average molecular weight is 651 g/mol. The second-order valence-corrected chi connectivity index (χ2v) is 11.9. The first-order valence-electron chi connectivity index (χ1n) is 12.5. The van der Waals surface area contributed by atoms with Crippen LogP contribution in [0.25, 0.3) is 0 Å². The fourth-order valence-corrected chi connectivity index (χ4v) is 6.62. The smallest absolute Gasteiger partial charge is 0.404 e. The molecule has 7 nitrogen and oxygen atoms in total. The lowest BCUT2D eigenvalue weighted by molar-refractivity contribution is -0.170. The van der Waals surface area contributed by atoms with Crippen LogP contribution in [0.5, 0.6) is 0 Å². The number of halogens is 7. The molecular weight excluding hydrogens is 629 g/mol. The van der Waals surface area contributed by atoms with Crippen molar-refractivity contribution in [1.82, 2.24) is 5.32 Å². The minimum atomic E-state index is -5.08. The normalized spacial score (nSPS) is 25.1. The maximum Gasteiger partial charge on any atom is 0.404 e. The summed E-state index contributed by atoms with van der Waals surface area (Å²) in [4.78, 5) is 42.8. The lowest BCUT2D eigenvalue weighted by Crippen LogP contribution is -2.53. The third-order valence-corrected chi connectivity index (χ3v) is 8.40. The summed E-state index contributed by atoms with van der Waals surface area (Å²) in [6.45, 7) is 3.15. The molecule has 0 radical (unpaired) electrons. The van der Waals surface area contributed by atoms with Gasteiger partial charge in [0, 0.05) is 32.9 Å². The van der Waals surface area contributed by atoms with Crippen LogP contribution in [0.4, 0.5) is 24.5 Å². The highest BCUT2D eigenvalue weighted by Crippen LogP contribution is 2.55. The van der Waals surface area contributed by atoms with Gasteiger partial charge >= 0.3 is 12.1 Å². The largest absolute Gasteiger partial charge is 0.461 e. The van der Waals surface area contributed by atoms with E-state index in [1.165, 1.54) is 36.4 Å². The summed E-state index contributed by atoms with van der Waals surface area (Å²) in [6.07, 6.45) is -2.35. The Morgan fingerprint density at radius 3 is 2.29 bits per heavy atom. The molecule has 2 aromatic rings. The number of rotatable bonds is 7. The third-order valence-electron chi connectivity index (χ3n) is 7.44. The number of carbonyl (C=O) groups is 3. The molecule has 2 N–H and O–H groups in total. The molecule has 5 rings (SSSR count). The van der Waals surface area contributed by atoms with E-state index < -0.39 is 47.4 Å². The Morgan fingerprint density at radius 2 is 1.71 bits per heavy atom. The number of carbonyl (C=O) groups excluding carboxylic acids is 3. The summed E-state index contributed by atoms with van der Waals surface area (Å²) < 4.78 is 49.6. The zero-order valence-corrected chi connectivity index (χ0v) is 24.1. The van der Waals surface area contributed by atoms with Crippen LogP contribution in [0.15, 0.2) is 43.0 Å². The quantitative estimate of drug-likeness (QED) is 0.268. The molecular formula is C27H22Cl4F3N3O4. The number of ether oxygens (including phenoxy) is 1. The molecule has 218 valence electrons. The number of benzene rings is 2. The number of alkyl halides is 3. The fraction of sp³-hybridized carbons (Fsp3) is 0.370. The zero-order valence-electron chi connectivity index (χ0n) is 21.0. The molecule has 4 atom stereocenters. The van der Waals surface area contributed by atoms with Crippen LogP contribution in [0, 0.1) is 17.8 Å². The monoisotopic (exact) mass is 649 g/mol. The van der Waals surface area contributed by atoms with Crippen LogP contribution >= 0.6 is 46.4 Å². The van der Waals surface area contributed by atoms with E-state index in [4.69, 9.17) is 51.1 Å². The highest BCUT2D eigenvalue weighted by molar-refractivity contribution is 6.38. The summed E-state index contributed by atoms with van der Waals surface area (Å²) in [7, 11) is 0. The van der Waals surface area contributed by atoms with Crippen LogP contribution < -0.4 is 15.5 Å². The molecule has 2 aromatic carbocycles. The second kappa shape index (κ2) is 11.0. The Labute approximate surface area is 252 Å². The van der Waals surface area contributed by atoms with E-state index in [0.29, 0.717) is 0 Å². The van der Waals surface area contributed by atoms with Crippen molar-refractivity contribution in [2.45, 2.75) is 30.6 Å². The number of nitrogens with one attached hydrogen (secondary N) is 2. The fourth-order valence-electron chi connectivity index (χ4n) is 5.57. The minimum Gasteiger partial charge on any atom is -0.461 e. The first-order chi connectivity index (χ1) is 19.3. The lowest BCUT2D eigenvalue weighted by atomic mass is 9.74. The van der Waals surface area contributed by atoms with E-state index >= 15 is 0 Å². The molecule has 2 amide bonds. The molecule has 41 heavy (non-hydrogen) atoms. The van der Waals surface area contributed by atoms with Gasteiger partial charge < -0.3 is 15.0 Å². The molecule has 3 aliphatic rings. The number of esters is 1. The van der Waals surface area contributed by atoms with Crippen molar-refractivity contribution in [3.05, 3.63) is 68.6 Å². The molecule has 2 aliphatic heterocycles. The number of hydrogen-bond acceptors (Lipinski definition) is 5. The SMILES string of the molecule is C=CCOC(=O)[C@@H]1[C@H](C(=O)N(CC2CC2)c2cc(Cl)cc(Cl)c2)[C@H](C(F)(F)F)NC12C(=O)Nc1c(Cl)cc(Cl)cc12. The first-order valence-corrected chi connectivity index (χ1v) is 14.0. The van der Waals surface area contributed by atoms with Crippen molar-refractivity contribution >= 4 is 75.6 Å². The van der Waals surface area contributed by atoms with Crippen LogP contribution in [-0.2, 0) is 24.7 Å². The first kappa shape index (κ1) is 30.0. The second-order valence-electron chi connectivity index (χ2n) is 10.2. The molecule has 2 heterocycles. The van der Waals surface area contributed by atoms with Gasteiger partial charge in [-0.3, -0.25) is 19.7 Å². The molecule has 1 aliphatic carbocycles. The summed E-state index contributed by atoms with van der Waals surface area (Å²) >= 11 is 24.8. The van der Waals surface area contributed by atoms with E-state index in [9.17, 15) is 27.6 Å². The van der Waals surface area contributed by atoms with Crippen molar-refractivity contribution in [3.8, 4) is 0 Å². The van der Waals surface area contributed by atoms with E-state index in [2.05, 4.69) is 17.2 Å². The summed E-state index contributed by atoms with van der Waals surface area (Å²) in [5.74, 6) is -7.38. The van der Waals surface area contributed by atoms with Gasteiger partial charge in [0.25, 0.3) is 0 Å². The van der Waals surface area contributed by atoms with E-state index in [1.807, 2.05) is 0 Å². The Morgan fingerprint density at radius 1 is 1.07 bits per heavy atom. The van der Waals surface area contributed by atoms with Gasteiger partial charge in [0.1, 0.15) is 24.1 Å². The van der Waals surface area contributed by atoms with Crippen LogP contribution in [0.2, 0.25) is 20.1 Å². The zero-order chi connectivity index (χ0) is 29.9. The van der Waals surface area contributed by atoms with Crippen molar-refractivity contribution in [1.29, 1.82) is 0 Å². The minimum absolute atomic E-state index is 0.00639. The van der Waals surface area contributed by atoms with E-state index in [0.717, 1.165) is 17.7 Å². The number of hydrogen-bond donors (Lipinski definition) is 2. The topological polar surface area (TPSA) is 87.7 Å². The summed E-state index contributed by atoms with van der Waals surface area (Å²) in [5, 5.41) is 5.06. The molecule has 14 heteroatoms. The predicted molar refractivity (Wildman–Crippen MR) is 149 cm³/mol. The van der Waals surface area contributed by atoms with Gasteiger partial charge in [0.05, 0.1) is 16.6 Å². The van der Waals surface area contributed by atoms with Crippen molar-refractivity contribution in [3.63, 3.8) is 0 Å². The molecule has 1 spiro atoms. The molecule has 1 saturated heterocycles. The molecule has 0 bridgehead atoms. The molecule has 1 unspecified atom stereocenters. The average Bonchev–Trinajstić information content (AvgIpc) is 3.56. The number of fused-ring (bicyclic) bond motifs is 2. The van der Waals surface area contributed by atoms with Crippen molar-refractivity contribution in [2.75, 3.05) is 23.4 Å². The Bertz CT molecular complexity index is 1430. The molecule has 2 fully saturated rings. The third kappa shape index (κ3) is 5.41. The van der Waals surface area contributed by atoms with E-state index in [-0.39, 0.29) is 56.1 Å². The highest BCUT2D eigenvalue weighted by atomic mass is 35.5. The number of amides is 2. The predicted octanol–water partition coefficient (Wildman–Crippen LogP) is 6.39. The van der Waals surface area contributed by atoms with Crippen LogP contribution in [-0.4, -0.2) is 43.2 Å². The lowest BCUT2D eigenvalue weighted by Gasteiger charge is -2.32. The van der Waals surface area contributed by atoms with Gasteiger partial charge in [-0.2, -0.15) is 13.2 Å². The van der Waals surface area contributed by atoms with Gasteiger partial charge in [0.2, 0.25) is 11.8 Å². The highest BCUT2D eigenvalue weighted by Gasteiger charge is 2.72. The molecule has 1 saturated carbocycles. The maximum absolute atomic E-state index is 14.8. The Hall–Kier alpha value is -2.50. The summed E-state index contributed by atoms with van der Waals surface area (Å²) in [6, 6.07) is 4.11. The van der Waals surface area contributed by atoms with Gasteiger partial charge in [-0.25, -0.2) is 0 Å². The summed E-state index contributed by atoms with van der Waals surface area (Å²) in [5.41, 5.74) is -2.37. The van der Waals surface area contributed by atoms with Crippen molar-refractivity contribution in [2.24, 2.45) is 17.8 Å². The van der Waals surface area contributed by atoms with Gasteiger partial charge in [-0.15, -0.1) is 0 Å². The van der Waals surface area contributed by atoms with E-state index in [1.54, 1.807) is 0 Å². The molecule has 0 aromatic heterocycles. The van der Waals surface area contributed by atoms with Crippen molar-refractivity contribution < 1.29 is 32.3 Å². The standard InChI is InChI=1S/C27H22Cl4F3N3O4/c1-2-5-41-24(39)20-19(23(38)37(11-12-3-4-12)16-7-13(28)6-14(29)8-16)22(27(32,33)34)36-26(20)17-9-15(30)10-18(31)21(17)35-25(26)40/h2,6-10,12,19-20,22,36H,1,3-5,11H2,(H,35,40)/t19-,20-,22+,26?/m0/s1. The van der Waals surface area contributed by atoms with Gasteiger partial charge in [-0.05, 0) is 49.1 Å². The van der Waals surface area contributed by atoms with Crippen LogP contribution in [0.3, 0.4) is 0 Å². The van der Waals surface area contributed by atoms with Gasteiger partial charge in [-0.1, -0.05) is 59.1 Å². The maximum atomic E-state index is 14.8. The Kier molecular flexibility index (Phi) is 8.02. The number of anilines is 2. The van der Waals surface area contributed by atoms with Crippen LogP contribution in [0.1, 0.15) is 18.4 Å².